The van der Waals surface area contributed by atoms with Crippen molar-refractivity contribution < 1.29 is 4.74 Å². The van der Waals surface area contributed by atoms with Crippen molar-refractivity contribution in [3.63, 3.8) is 0 Å². The van der Waals surface area contributed by atoms with Crippen molar-refractivity contribution in [2.24, 2.45) is 7.05 Å². The highest BCUT2D eigenvalue weighted by atomic mass is 16.5. The summed E-state index contributed by atoms with van der Waals surface area (Å²) < 4.78 is 8.48. The number of hydrogen-bond acceptors (Lipinski definition) is 5. The standard InChI is InChI=1S/C27H23N5O2/c1-27(2,16-28)19-7-9-20(10-8-19)32-25-21-13-17(18-6-12-24(34-4)30-14-18)5-11-22(21)29-15-23(25)31(3)26(32)33/h5-15H,1-4H3. The van der Waals surface area contributed by atoms with Crippen LogP contribution in [-0.2, 0) is 12.5 Å². The molecule has 0 aliphatic heterocycles. The van der Waals surface area contributed by atoms with Gasteiger partial charge in [0.05, 0.1) is 47.0 Å². The monoisotopic (exact) mass is 449 g/mol. The summed E-state index contributed by atoms with van der Waals surface area (Å²) in [6.07, 6.45) is 3.50. The van der Waals surface area contributed by atoms with Crippen LogP contribution < -0.4 is 10.4 Å². The third-order valence-electron chi connectivity index (χ3n) is 6.29. The molecule has 0 fully saturated rings. The van der Waals surface area contributed by atoms with Crippen LogP contribution in [0.3, 0.4) is 0 Å². The molecular formula is C27H23N5O2. The Morgan fingerprint density at radius 3 is 2.35 bits per heavy atom. The van der Waals surface area contributed by atoms with Crippen LogP contribution in [0, 0.1) is 11.3 Å². The van der Waals surface area contributed by atoms with E-state index in [1.165, 1.54) is 0 Å². The Hall–Kier alpha value is -4.44. The summed E-state index contributed by atoms with van der Waals surface area (Å²) >= 11 is 0. The van der Waals surface area contributed by atoms with Crippen LogP contribution in [0.1, 0.15) is 19.4 Å². The molecule has 0 unspecified atom stereocenters. The molecule has 0 N–H and O–H groups in total. The van der Waals surface area contributed by atoms with Crippen LogP contribution in [0.5, 0.6) is 5.88 Å². The molecule has 168 valence electrons. The van der Waals surface area contributed by atoms with Gasteiger partial charge in [0.25, 0.3) is 0 Å². The predicted octanol–water partition coefficient (Wildman–Crippen LogP) is 4.75. The first kappa shape index (κ1) is 21.4. The first-order valence-corrected chi connectivity index (χ1v) is 10.9. The van der Waals surface area contributed by atoms with Crippen molar-refractivity contribution in [2.45, 2.75) is 19.3 Å². The van der Waals surface area contributed by atoms with Gasteiger partial charge in [0.2, 0.25) is 5.88 Å². The van der Waals surface area contributed by atoms with Crippen molar-refractivity contribution in [1.29, 1.82) is 5.26 Å². The molecule has 0 saturated heterocycles. The molecule has 0 radical (unpaired) electrons. The molecule has 34 heavy (non-hydrogen) atoms. The average Bonchev–Trinajstić information content (AvgIpc) is 3.14. The number of pyridine rings is 2. The maximum absolute atomic E-state index is 13.3. The smallest absolute Gasteiger partial charge is 0.333 e. The predicted molar refractivity (Wildman–Crippen MR) is 132 cm³/mol. The number of nitriles is 1. The third-order valence-corrected chi connectivity index (χ3v) is 6.29. The summed E-state index contributed by atoms with van der Waals surface area (Å²) in [6.45, 7) is 3.75. The molecule has 0 atom stereocenters. The second-order valence-electron chi connectivity index (χ2n) is 8.77. The van der Waals surface area contributed by atoms with Crippen LogP contribution in [0.25, 0.3) is 38.8 Å². The van der Waals surface area contributed by atoms with Gasteiger partial charge in [0, 0.05) is 30.3 Å². The van der Waals surface area contributed by atoms with Gasteiger partial charge in [-0.3, -0.25) is 14.1 Å². The fourth-order valence-corrected chi connectivity index (χ4v) is 4.18. The van der Waals surface area contributed by atoms with E-state index in [0.717, 1.165) is 44.3 Å². The summed E-state index contributed by atoms with van der Waals surface area (Å²) in [5.41, 5.74) is 5.08. The molecule has 0 amide bonds. The van der Waals surface area contributed by atoms with E-state index in [2.05, 4.69) is 16.0 Å². The van der Waals surface area contributed by atoms with Crippen LogP contribution >= 0.6 is 0 Å². The van der Waals surface area contributed by atoms with Gasteiger partial charge >= 0.3 is 5.69 Å². The number of hydrogen-bond donors (Lipinski definition) is 0. The van der Waals surface area contributed by atoms with Crippen molar-refractivity contribution in [3.05, 3.63) is 83.0 Å². The van der Waals surface area contributed by atoms with E-state index < -0.39 is 5.41 Å². The van der Waals surface area contributed by atoms with E-state index in [4.69, 9.17) is 4.74 Å². The maximum atomic E-state index is 13.3. The molecule has 5 aromatic rings. The number of fused-ring (bicyclic) bond motifs is 3. The quantitative estimate of drug-likeness (QED) is 0.395. The van der Waals surface area contributed by atoms with Gasteiger partial charge in [0.15, 0.2) is 0 Å². The van der Waals surface area contributed by atoms with Crippen molar-refractivity contribution >= 4 is 21.9 Å². The summed E-state index contributed by atoms with van der Waals surface area (Å²) in [5.74, 6) is 0.550. The number of aryl methyl sites for hydroxylation is 1. The largest absolute Gasteiger partial charge is 0.481 e. The first-order valence-electron chi connectivity index (χ1n) is 10.9. The summed E-state index contributed by atoms with van der Waals surface area (Å²) in [4.78, 5) is 22.2. The molecule has 0 aliphatic rings. The van der Waals surface area contributed by atoms with Gasteiger partial charge in [-0.2, -0.15) is 5.26 Å². The Morgan fingerprint density at radius 1 is 0.971 bits per heavy atom. The summed E-state index contributed by atoms with van der Waals surface area (Å²) in [5, 5.41) is 10.3. The first-order chi connectivity index (χ1) is 16.3. The zero-order valence-corrected chi connectivity index (χ0v) is 19.4. The van der Waals surface area contributed by atoms with Crippen LogP contribution in [0.4, 0.5) is 0 Å². The van der Waals surface area contributed by atoms with E-state index in [0.29, 0.717) is 5.88 Å². The molecule has 0 spiro atoms. The molecular weight excluding hydrogens is 426 g/mol. The molecule has 0 aliphatic carbocycles. The number of benzene rings is 2. The Balaban J connectivity index is 1.75. The second-order valence-corrected chi connectivity index (χ2v) is 8.77. The Morgan fingerprint density at radius 2 is 1.71 bits per heavy atom. The van der Waals surface area contributed by atoms with Gasteiger partial charge in [-0.25, -0.2) is 9.78 Å². The second kappa shape index (κ2) is 7.85. The number of aromatic nitrogens is 4. The minimum Gasteiger partial charge on any atom is -0.481 e. The Labute approximate surface area is 196 Å². The lowest BCUT2D eigenvalue weighted by molar-refractivity contribution is 0.398. The van der Waals surface area contributed by atoms with Crippen molar-refractivity contribution in [3.8, 4) is 28.8 Å². The van der Waals surface area contributed by atoms with E-state index in [-0.39, 0.29) is 5.69 Å². The number of imidazole rings is 1. The SMILES string of the molecule is COc1ccc(-c2ccc3ncc4c(c3c2)n(-c2ccc(C(C)(C)C#N)cc2)c(=O)n4C)cn1. The average molecular weight is 450 g/mol. The summed E-state index contributed by atoms with van der Waals surface area (Å²) in [6, 6.07) is 19.7. The molecule has 3 aromatic heterocycles. The van der Waals surface area contributed by atoms with Gasteiger partial charge in [-0.15, -0.1) is 0 Å². The van der Waals surface area contributed by atoms with E-state index >= 15 is 0 Å². The van der Waals surface area contributed by atoms with Gasteiger partial charge in [0.1, 0.15) is 0 Å². The highest BCUT2D eigenvalue weighted by Gasteiger charge is 2.21. The minimum atomic E-state index is -0.611. The fraction of sp³-hybridized carbons (Fsp3) is 0.185. The molecule has 3 heterocycles. The lowest BCUT2D eigenvalue weighted by Gasteiger charge is -2.16. The number of methoxy groups -OCH3 is 1. The van der Waals surface area contributed by atoms with E-state index in [1.54, 1.807) is 35.7 Å². The van der Waals surface area contributed by atoms with Crippen LogP contribution in [0.2, 0.25) is 0 Å². The van der Waals surface area contributed by atoms with Gasteiger partial charge in [-0.1, -0.05) is 18.2 Å². The highest BCUT2D eigenvalue weighted by molar-refractivity contribution is 6.04. The molecule has 0 saturated carbocycles. The number of rotatable bonds is 4. The highest BCUT2D eigenvalue weighted by Crippen LogP contribution is 2.30. The fourth-order valence-electron chi connectivity index (χ4n) is 4.18. The zero-order chi connectivity index (χ0) is 24.0. The molecule has 0 bridgehead atoms. The normalized spacial score (nSPS) is 11.6. The van der Waals surface area contributed by atoms with Gasteiger partial charge < -0.3 is 4.74 Å². The third kappa shape index (κ3) is 3.32. The molecule has 2 aromatic carbocycles. The van der Waals surface area contributed by atoms with Gasteiger partial charge in [-0.05, 0) is 55.3 Å². The molecule has 7 nitrogen and oxygen atoms in total. The minimum absolute atomic E-state index is 0.159. The number of ether oxygens (including phenoxy) is 1. The Bertz CT molecular complexity index is 1640. The zero-order valence-electron chi connectivity index (χ0n) is 19.4. The lowest BCUT2D eigenvalue weighted by Crippen LogP contribution is -2.21. The maximum Gasteiger partial charge on any atom is 0.333 e. The van der Waals surface area contributed by atoms with Crippen molar-refractivity contribution in [2.75, 3.05) is 7.11 Å². The van der Waals surface area contributed by atoms with E-state index in [1.807, 2.05) is 68.4 Å². The van der Waals surface area contributed by atoms with Crippen molar-refractivity contribution in [1.82, 2.24) is 19.1 Å². The van der Waals surface area contributed by atoms with E-state index in [9.17, 15) is 10.1 Å². The topological polar surface area (TPSA) is 85.7 Å². The molecule has 7 heteroatoms. The number of nitrogens with zero attached hydrogens (tertiary/aromatic N) is 5. The van der Waals surface area contributed by atoms with Crippen LogP contribution in [-0.4, -0.2) is 26.2 Å². The summed E-state index contributed by atoms with van der Waals surface area (Å²) in [7, 11) is 3.34. The van der Waals surface area contributed by atoms with Crippen LogP contribution in [0.15, 0.2) is 71.8 Å². The molecule has 5 rings (SSSR count). The Kier molecular flexibility index (Phi) is 4.94. The lowest BCUT2D eigenvalue weighted by atomic mass is 9.86.